The minimum atomic E-state index is -0.803. The Bertz CT molecular complexity index is 697. The fraction of sp³-hybridized carbons (Fsp3) is 0.263. The number of benzene rings is 2. The van der Waals surface area contributed by atoms with Crippen LogP contribution < -0.4 is 5.32 Å². The molecule has 118 valence electrons. The predicted octanol–water partition coefficient (Wildman–Crippen LogP) is 3.06. The molecule has 1 amide bonds. The van der Waals surface area contributed by atoms with Crippen molar-refractivity contribution in [2.24, 2.45) is 5.92 Å². The minimum Gasteiger partial charge on any atom is -0.481 e. The summed E-state index contributed by atoms with van der Waals surface area (Å²) < 4.78 is 0. The Balaban J connectivity index is 1.57. The zero-order valence-corrected chi connectivity index (χ0v) is 12.8. The van der Waals surface area contributed by atoms with Gasteiger partial charge in [-0.25, -0.2) is 0 Å². The van der Waals surface area contributed by atoms with Crippen LogP contribution in [-0.2, 0) is 28.9 Å². The van der Waals surface area contributed by atoms with Crippen LogP contribution in [0.1, 0.15) is 23.1 Å². The first-order valence-corrected chi connectivity index (χ1v) is 7.80. The van der Waals surface area contributed by atoms with E-state index in [9.17, 15) is 9.59 Å². The average molecular weight is 309 g/mol. The van der Waals surface area contributed by atoms with Crippen molar-refractivity contribution >= 4 is 17.6 Å². The van der Waals surface area contributed by atoms with E-state index in [1.165, 1.54) is 11.1 Å². The molecule has 2 N–H and O–H groups in total. The molecule has 1 aliphatic rings. The highest BCUT2D eigenvalue weighted by Gasteiger charge is 2.26. The number of aliphatic carboxylic acids is 1. The van der Waals surface area contributed by atoms with Crippen LogP contribution in [0.15, 0.2) is 48.5 Å². The molecule has 0 heterocycles. The first-order chi connectivity index (χ1) is 11.1. The maximum Gasteiger partial charge on any atom is 0.303 e. The molecule has 0 saturated heterocycles. The molecule has 1 aliphatic carbocycles. The highest BCUT2D eigenvalue weighted by molar-refractivity contribution is 5.93. The third-order valence-corrected chi connectivity index (χ3v) is 4.27. The third kappa shape index (κ3) is 3.77. The van der Waals surface area contributed by atoms with E-state index in [0.29, 0.717) is 6.42 Å². The van der Waals surface area contributed by atoms with E-state index >= 15 is 0 Å². The number of aryl methyl sites for hydroxylation is 1. The van der Waals surface area contributed by atoms with Crippen molar-refractivity contribution in [3.63, 3.8) is 0 Å². The lowest BCUT2D eigenvalue weighted by molar-refractivity contribution is -0.137. The summed E-state index contributed by atoms with van der Waals surface area (Å²) in [6.45, 7) is 0. The molecule has 0 bridgehead atoms. The lowest BCUT2D eigenvalue weighted by Gasteiger charge is -2.11. The molecule has 3 rings (SSSR count). The summed E-state index contributed by atoms with van der Waals surface area (Å²) in [5.41, 5.74) is 4.23. The zero-order chi connectivity index (χ0) is 16.2. The van der Waals surface area contributed by atoms with Crippen molar-refractivity contribution in [3.05, 3.63) is 65.2 Å². The van der Waals surface area contributed by atoms with Gasteiger partial charge < -0.3 is 10.4 Å². The second kappa shape index (κ2) is 6.65. The first kappa shape index (κ1) is 15.3. The van der Waals surface area contributed by atoms with E-state index in [1.807, 2.05) is 36.4 Å². The first-order valence-electron chi connectivity index (χ1n) is 7.80. The highest BCUT2D eigenvalue weighted by atomic mass is 16.4. The van der Waals surface area contributed by atoms with Crippen LogP contribution in [0.5, 0.6) is 0 Å². The van der Waals surface area contributed by atoms with Gasteiger partial charge in [0.15, 0.2) is 0 Å². The normalized spacial score (nSPS) is 13.6. The molecular formula is C19H19NO3. The molecule has 0 aliphatic heterocycles. The number of hydrogen-bond acceptors (Lipinski definition) is 2. The fourth-order valence-electron chi connectivity index (χ4n) is 2.99. The number of carbonyl (C=O) groups excluding carboxylic acids is 1. The predicted molar refractivity (Wildman–Crippen MR) is 88.4 cm³/mol. The second-order valence-corrected chi connectivity index (χ2v) is 5.95. The Hall–Kier alpha value is -2.62. The van der Waals surface area contributed by atoms with Crippen molar-refractivity contribution in [1.82, 2.24) is 0 Å². The molecule has 0 unspecified atom stereocenters. The second-order valence-electron chi connectivity index (χ2n) is 5.95. The molecular weight excluding hydrogens is 290 g/mol. The van der Waals surface area contributed by atoms with E-state index in [0.717, 1.165) is 24.1 Å². The number of hydrogen-bond donors (Lipinski definition) is 2. The lowest BCUT2D eigenvalue weighted by atomic mass is 10.1. The molecule has 2 aromatic carbocycles. The van der Waals surface area contributed by atoms with Gasteiger partial charge in [-0.15, -0.1) is 0 Å². The van der Waals surface area contributed by atoms with Crippen molar-refractivity contribution in [1.29, 1.82) is 0 Å². The summed E-state index contributed by atoms with van der Waals surface area (Å²) in [4.78, 5) is 23.0. The minimum absolute atomic E-state index is 0.0147. The maximum atomic E-state index is 12.4. The number of anilines is 1. The Morgan fingerprint density at radius 1 is 1.00 bits per heavy atom. The quantitative estimate of drug-likeness (QED) is 0.892. The van der Waals surface area contributed by atoms with Gasteiger partial charge in [0.1, 0.15) is 0 Å². The summed E-state index contributed by atoms with van der Waals surface area (Å²) >= 11 is 0. The SMILES string of the molecule is O=C(O)CCc1ccc(NC(=O)C2Cc3ccccc3C2)cc1. The molecule has 4 heteroatoms. The Morgan fingerprint density at radius 3 is 2.17 bits per heavy atom. The van der Waals surface area contributed by atoms with Gasteiger partial charge in [0.25, 0.3) is 0 Å². The van der Waals surface area contributed by atoms with E-state index < -0.39 is 5.97 Å². The number of carbonyl (C=O) groups is 2. The van der Waals surface area contributed by atoms with Crippen LogP contribution in [0, 0.1) is 5.92 Å². The summed E-state index contributed by atoms with van der Waals surface area (Å²) in [6, 6.07) is 15.6. The maximum absolute atomic E-state index is 12.4. The number of amides is 1. The number of rotatable bonds is 5. The largest absolute Gasteiger partial charge is 0.481 e. The molecule has 4 nitrogen and oxygen atoms in total. The standard InChI is InChI=1S/C19H19NO3/c21-18(22)10-7-13-5-8-17(9-6-13)20-19(23)16-11-14-3-1-2-4-15(14)12-16/h1-6,8-9,16H,7,10-12H2,(H,20,23)(H,21,22). The Morgan fingerprint density at radius 2 is 1.61 bits per heavy atom. The molecule has 0 spiro atoms. The summed E-state index contributed by atoms with van der Waals surface area (Å²) in [5, 5.41) is 11.6. The number of nitrogens with one attached hydrogen (secondary N) is 1. The number of carboxylic acid groups (broad SMARTS) is 1. The summed E-state index contributed by atoms with van der Waals surface area (Å²) in [6.07, 6.45) is 2.20. The topological polar surface area (TPSA) is 66.4 Å². The van der Waals surface area contributed by atoms with Crippen LogP contribution >= 0.6 is 0 Å². The molecule has 0 fully saturated rings. The zero-order valence-electron chi connectivity index (χ0n) is 12.8. The highest BCUT2D eigenvalue weighted by Crippen LogP contribution is 2.27. The molecule has 2 aromatic rings. The van der Waals surface area contributed by atoms with E-state index in [2.05, 4.69) is 17.4 Å². The van der Waals surface area contributed by atoms with Gasteiger partial charge in [-0.1, -0.05) is 36.4 Å². The fourth-order valence-corrected chi connectivity index (χ4v) is 2.99. The van der Waals surface area contributed by atoms with Gasteiger partial charge in [-0.05, 0) is 48.1 Å². The van der Waals surface area contributed by atoms with Crippen LogP contribution in [0.25, 0.3) is 0 Å². The molecule has 0 aromatic heterocycles. The van der Waals surface area contributed by atoms with E-state index in [4.69, 9.17) is 5.11 Å². The monoisotopic (exact) mass is 309 g/mol. The van der Waals surface area contributed by atoms with Crippen LogP contribution in [0.4, 0.5) is 5.69 Å². The Labute approximate surface area is 135 Å². The Kier molecular flexibility index (Phi) is 4.42. The van der Waals surface area contributed by atoms with Gasteiger partial charge in [0.2, 0.25) is 5.91 Å². The molecule has 0 radical (unpaired) electrons. The van der Waals surface area contributed by atoms with Crippen LogP contribution in [0.3, 0.4) is 0 Å². The van der Waals surface area contributed by atoms with Crippen molar-refractivity contribution < 1.29 is 14.7 Å². The van der Waals surface area contributed by atoms with Crippen LogP contribution in [0.2, 0.25) is 0 Å². The lowest BCUT2D eigenvalue weighted by Crippen LogP contribution is -2.23. The average Bonchev–Trinajstić information content (AvgIpc) is 2.98. The summed E-state index contributed by atoms with van der Waals surface area (Å²) in [5.74, 6) is -0.776. The molecule has 0 saturated carbocycles. The van der Waals surface area contributed by atoms with Gasteiger partial charge in [0.05, 0.1) is 0 Å². The van der Waals surface area contributed by atoms with Gasteiger partial charge in [-0.2, -0.15) is 0 Å². The van der Waals surface area contributed by atoms with Crippen molar-refractivity contribution in [2.75, 3.05) is 5.32 Å². The van der Waals surface area contributed by atoms with E-state index in [1.54, 1.807) is 0 Å². The van der Waals surface area contributed by atoms with Gasteiger partial charge in [-0.3, -0.25) is 9.59 Å². The van der Waals surface area contributed by atoms with E-state index in [-0.39, 0.29) is 18.2 Å². The van der Waals surface area contributed by atoms with Crippen LogP contribution in [-0.4, -0.2) is 17.0 Å². The number of fused-ring (bicyclic) bond motifs is 1. The van der Waals surface area contributed by atoms with Gasteiger partial charge in [0, 0.05) is 18.0 Å². The number of carboxylic acids is 1. The smallest absolute Gasteiger partial charge is 0.303 e. The third-order valence-electron chi connectivity index (χ3n) is 4.27. The van der Waals surface area contributed by atoms with Gasteiger partial charge >= 0.3 is 5.97 Å². The van der Waals surface area contributed by atoms with Crippen molar-refractivity contribution in [2.45, 2.75) is 25.7 Å². The summed E-state index contributed by atoms with van der Waals surface area (Å²) in [7, 11) is 0. The molecule has 23 heavy (non-hydrogen) atoms. The molecule has 0 atom stereocenters. The van der Waals surface area contributed by atoms with Crippen molar-refractivity contribution in [3.8, 4) is 0 Å².